The third-order valence-corrected chi connectivity index (χ3v) is 2.72. The van der Waals surface area contributed by atoms with Gasteiger partial charge in [-0.1, -0.05) is 0 Å². The van der Waals surface area contributed by atoms with Gasteiger partial charge in [-0.25, -0.2) is 0 Å². The quantitative estimate of drug-likeness (QED) is 0.617. The van der Waals surface area contributed by atoms with Crippen molar-refractivity contribution in [1.29, 1.82) is 0 Å². The van der Waals surface area contributed by atoms with Gasteiger partial charge in [0.15, 0.2) is 5.76 Å². The maximum atomic E-state index is 11.5. The van der Waals surface area contributed by atoms with Crippen LogP contribution in [0.2, 0.25) is 0 Å². The van der Waals surface area contributed by atoms with Gasteiger partial charge in [0.1, 0.15) is 4.92 Å². The molecule has 1 aliphatic carbocycles. The number of nitro groups is 1. The predicted molar refractivity (Wildman–Crippen MR) is 65.6 cm³/mol. The number of nitrogens with one attached hydrogen (secondary N) is 1. The van der Waals surface area contributed by atoms with Gasteiger partial charge in [-0.15, -0.1) is 12.4 Å². The van der Waals surface area contributed by atoms with Crippen LogP contribution in [-0.2, 0) is 0 Å². The zero-order valence-electron chi connectivity index (χ0n) is 9.50. The third kappa shape index (κ3) is 3.44. The van der Waals surface area contributed by atoms with Gasteiger partial charge in [-0.05, 0) is 24.8 Å². The second-order valence-corrected chi connectivity index (χ2v) is 4.11. The van der Waals surface area contributed by atoms with E-state index < -0.39 is 16.7 Å². The van der Waals surface area contributed by atoms with Crippen LogP contribution in [0.1, 0.15) is 23.4 Å². The highest BCUT2D eigenvalue weighted by molar-refractivity contribution is 5.91. The fraction of sp³-hybridized carbons (Fsp3) is 0.500. The Morgan fingerprint density at radius 2 is 2.28 bits per heavy atom. The first kappa shape index (κ1) is 14.5. The fourth-order valence-corrected chi connectivity index (χ4v) is 1.54. The minimum absolute atomic E-state index is 0. The number of nitrogens with zero attached hydrogens (tertiary/aromatic N) is 1. The Morgan fingerprint density at radius 1 is 1.61 bits per heavy atom. The number of halogens is 1. The maximum absolute atomic E-state index is 11.5. The van der Waals surface area contributed by atoms with Crippen molar-refractivity contribution in [3.05, 3.63) is 28.0 Å². The molecule has 18 heavy (non-hydrogen) atoms. The Labute approximate surface area is 109 Å². The molecule has 1 atom stereocenters. The molecule has 1 fully saturated rings. The van der Waals surface area contributed by atoms with Crippen molar-refractivity contribution in [3.63, 3.8) is 0 Å². The van der Waals surface area contributed by atoms with Gasteiger partial charge in [0.25, 0.3) is 5.91 Å². The van der Waals surface area contributed by atoms with E-state index in [9.17, 15) is 14.9 Å². The number of rotatable bonds is 5. The average molecular weight is 276 g/mol. The molecule has 0 spiro atoms. The van der Waals surface area contributed by atoms with Crippen molar-refractivity contribution in [2.75, 3.05) is 6.54 Å². The number of amides is 1. The normalized spacial score (nSPS) is 15.6. The second kappa shape index (κ2) is 5.83. The lowest BCUT2D eigenvalue weighted by Crippen LogP contribution is -2.38. The van der Waals surface area contributed by atoms with Gasteiger partial charge in [0.05, 0.1) is 6.07 Å². The molecule has 0 aromatic carbocycles. The van der Waals surface area contributed by atoms with E-state index in [0.717, 1.165) is 18.9 Å². The molecule has 2 rings (SSSR count). The molecular weight excluding hydrogens is 262 g/mol. The highest BCUT2D eigenvalue weighted by Gasteiger charge is 2.28. The summed E-state index contributed by atoms with van der Waals surface area (Å²) in [5.74, 6) is -0.503. The summed E-state index contributed by atoms with van der Waals surface area (Å²) in [6, 6.07) is 2.37. The zero-order chi connectivity index (χ0) is 12.4. The molecule has 1 aromatic rings. The Bertz CT molecular complexity index is 444. The Hall–Kier alpha value is -1.60. The maximum Gasteiger partial charge on any atom is 0.433 e. The molecule has 8 heteroatoms. The number of carbonyl (C=O) groups excluding carboxylic acids is 1. The molecule has 0 aliphatic heterocycles. The first-order valence-electron chi connectivity index (χ1n) is 5.36. The molecule has 100 valence electrons. The standard InChI is InChI=1S/C10H13N3O4.ClH/c11-7(6-1-2-6)5-12-10(14)8-3-4-9(17-8)13(15)16;/h3-4,6-7H,1-2,5,11H2,(H,12,14);1H. The largest absolute Gasteiger partial charge is 0.433 e. The van der Waals surface area contributed by atoms with Crippen molar-refractivity contribution in [2.24, 2.45) is 11.7 Å². The van der Waals surface area contributed by atoms with E-state index >= 15 is 0 Å². The molecule has 3 N–H and O–H groups in total. The zero-order valence-corrected chi connectivity index (χ0v) is 10.3. The minimum Gasteiger partial charge on any atom is -0.395 e. The molecule has 0 bridgehead atoms. The number of carbonyl (C=O) groups is 1. The SMILES string of the molecule is Cl.NC(CNC(=O)c1ccc([N+](=O)[O-])o1)C1CC1. The summed E-state index contributed by atoms with van der Waals surface area (Å²) in [5.41, 5.74) is 5.81. The van der Waals surface area contributed by atoms with Crippen LogP contribution in [0.25, 0.3) is 0 Å². The van der Waals surface area contributed by atoms with E-state index in [2.05, 4.69) is 5.32 Å². The van der Waals surface area contributed by atoms with Crippen LogP contribution >= 0.6 is 12.4 Å². The minimum atomic E-state index is -0.688. The molecule has 1 aliphatic rings. The highest BCUT2D eigenvalue weighted by Crippen LogP contribution is 2.31. The van der Waals surface area contributed by atoms with Crippen molar-refractivity contribution in [3.8, 4) is 0 Å². The van der Waals surface area contributed by atoms with Crippen molar-refractivity contribution in [2.45, 2.75) is 18.9 Å². The van der Waals surface area contributed by atoms with Crippen molar-refractivity contribution < 1.29 is 14.1 Å². The van der Waals surface area contributed by atoms with Gasteiger partial charge < -0.3 is 15.5 Å². The molecule has 1 heterocycles. The van der Waals surface area contributed by atoms with E-state index in [1.54, 1.807) is 0 Å². The van der Waals surface area contributed by atoms with Gasteiger partial charge in [0, 0.05) is 12.6 Å². The summed E-state index contributed by atoms with van der Waals surface area (Å²) >= 11 is 0. The summed E-state index contributed by atoms with van der Waals surface area (Å²) in [5, 5.41) is 13.0. The fourth-order valence-electron chi connectivity index (χ4n) is 1.54. The molecule has 1 unspecified atom stereocenters. The van der Waals surface area contributed by atoms with Crippen LogP contribution in [0.4, 0.5) is 5.88 Å². The third-order valence-electron chi connectivity index (χ3n) is 2.72. The van der Waals surface area contributed by atoms with Gasteiger partial charge in [-0.3, -0.25) is 14.9 Å². The lowest BCUT2D eigenvalue weighted by atomic mass is 10.2. The number of hydrogen-bond acceptors (Lipinski definition) is 5. The Kier molecular flexibility index (Phi) is 4.69. The summed E-state index contributed by atoms with van der Waals surface area (Å²) in [7, 11) is 0. The number of furan rings is 1. The Morgan fingerprint density at radius 3 is 2.78 bits per heavy atom. The molecule has 1 amide bonds. The average Bonchev–Trinajstić information content (AvgIpc) is 3.02. The van der Waals surface area contributed by atoms with Gasteiger partial charge in [0.2, 0.25) is 0 Å². The van der Waals surface area contributed by atoms with Crippen LogP contribution in [0, 0.1) is 16.0 Å². The monoisotopic (exact) mass is 275 g/mol. The Balaban J connectivity index is 0.00000162. The van der Waals surface area contributed by atoms with Crippen molar-refractivity contribution >= 4 is 24.2 Å². The van der Waals surface area contributed by atoms with Crippen LogP contribution in [0.5, 0.6) is 0 Å². The summed E-state index contributed by atoms with van der Waals surface area (Å²) in [6.45, 7) is 0.359. The van der Waals surface area contributed by atoms with E-state index in [-0.39, 0.29) is 24.2 Å². The smallest absolute Gasteiger partial charge is 0.395 e. The van der Waals surface area contributed by atoms with E-state index in [4.69, 9.17) is 10.2 Å². The van der Waals surface area contributed by atoms with E-state index in [1.165, 1.54) is 6.07 Å². The van der Waals surface area contributed by atoms with Gasteiger partial charge in [-0.2, -0.15) is 0 Å². The summed E-state index contributed by atoms with van der Waals surface area (Å²) in [4.78, 5) is 21.2. The first-order chi connectivity index (χ1) is 8.08. The van der Waals surface area contributed by atoms with Crippen LogP contribution in [0.3, 0.4) is 0 Å². The van der Waals surface area contributed by atoms with E-state index in [0.29, 0.717) is 12.5 Å². The number of nitrogens with two attached hydrogens (primary N) is 1. The molecule has 0 saturated heterocycles. The van der Waals surface area contributed by atoms with Crippen LogP contribution in [-0.4, -0.2) is 23.4 Å². The van der Waals surface area contributed by atoms with E-state index in [1.807, 2.05) is 0 Å². The second-order valence-electron chi connectivity index (χ2n) is 4.11. The first-order valence-corrected chi connectivity index (χ1v) is 5.36. The topological polar surface area (TPSA) is 111 Å². The molecule has 7 nitrogen and oxygen atoms in total. The predicted octanol–water partition coefficient (Wildman–Crippen LogP) is 1.08. The van der Waals surface area contributed by atoms with Crippen molar-refractivity contribution in [1.82, 2.24) is 5.32 Å². The van der Waals surface area contributed by atoms with Gasteiger partial charge >= 0.3 is 5.88 Å². The van der Waals surface area contributed by atoms with Crippen LogP contribution < -0.4 is 11.1 Å². The molecular formula is C10H14ClN3O4. The summed E-state index contributed by atoms with van der Waals surface area (Å²) in [6.07, 6.45) is 2.20. The molecule has 1 saturated carbocycles. The van der Waals surface area contributed by atoms with Crippen LogP contribution in [0.15, 0.2) is 16.5 Å². The lowest BCUT2D eigenvalue weighted by molar-refractivity contribution is -0.402. The molecule has 1 aromatic heterocycles. The number of hydrogen-bond donors (Lipinski definition) is 2. The molecule has 0 radical (unpaired) electrons. The highest BCUT2D eigenvalue weighted by atomic mass is 35.5. The lowest BCUT2D eigenvalue weighted by Gasteiger charge is -2.10. The summed E-state index contributed by atoms with van der Waals surface area (Å²) < 4.78 is 4.76.